The van der Waals surface area contributed by atoms with Gasteiger partial charge in [0.2, 0.25) is 5.88 Å². The summed E-state index contributed by atoms with van der Waals surface area (Å²) in [4.78, 5) is 28.8. The maximum absolute atomic E-state index is 13.5. The van der Waals surface area contributed by atoms with Crippen LogP contribution in [0, 0.1) is 0 Å². The molecule has 4 aromatic rings. The Balaban J connectivity index is 1.43. The van der Waals surface area contributed by atoms with Crippen molar-refractivity contribution in [3.05, 3.63) is 76.1 Å². The molecule has 2 aliphatic rings. The van der Waals surface area contributed by atoms with E-state index in [2.05, 4.69) is 25.9 Å². The number of nitrogens with zero attached hydrogens (tertiary/aromatic N) is 5. The summed E-state index contributed by atoms with van der Waals surface area (Å²) < 4.78 is 4.69. The minimum absolute atomic E-state index is 0.0910. The summed E-state index contributed by atoms with van der Waals surface area (Å²) in [5.74, 6) is -0.222. The summed E-state index contributed by atoms with van der Waals surface area (Å²) in [5, 5.41) is 17.7. The maximum atomic E-state index is 13.5. The van der Waals surface area contributed by atoms with E-state index in [9.17, 15) is 14.7 Å². The molecule has 2 aromatic carbocycles. The Morgan fingerprint density at radius 1 is 1.12 bits per heavy atom. The lowest BCUT2D eigenvalue weighted by molar-refractivity contribution is 0.0700. The fourth-order valence-electron chi connectivity index (χ4n) is 5.47. The molecule has 0 radical (unpaired) electrons. The number of amides is 1. The lowest BCUT2D eigenvalue weighted by Crippen LogP contribution is -2.38. The topological polar surface area (TPSA) is 85.3 Å². The fraction of sp³-hybridized carbons (Fsp3) is 0.346. The summed E-state index contributed by atoms with van der Waals surface area (Å²) in [6, 6.07) is 14.8. The monoisotopic (exact) mass is 457 g/mol. The van der Waals surface area contributed by atoms with Gasteiger partial charge in [0.15, 0.2) is 0 Å². The van der Waals surface area contributed by atoms with Crippen molar-refractivity contribution in [2.24, 2.45) is 7.05 Å². The number of aromatic hydroxyl groups is 1. The molecule has 8 nitrogen and oxygen atoms in total. The van der Waals surface area contributed by atoms with E-state index in [-0.39, 0.29) is 35.0 Å². The first-order chi connectivity index (χ1) is 16.2. The standard InChI is InChI=1S/C26H27N5O3/c1-26(2,3)21-13-20(28(4)27-21)23(32)29-14-16-12-19(29)22-24(33)31(25(34)30(16)22)18-11-7-9-15-8-5-6-10-17(15)18/h5-11,13,16,19,33H,12,14H2,1-4H3/t16-,19?/m1/s1. The number of imidazole rings is 1. The van der Waals surface area contributed by atoms with E-state index >= 15 is 0 Å². The van der Waals surface area contributed by atoms with Crippen molar-refractivity contribution in [2.45, 2.75) is 44.7 Å². The zero-order valence-electron chi connectivity index (χ0n) is 19.7. The van der Waals surface area contributed by atoms with Gasteiger partial charge in [0.1, 0.15) is 11.4 Å². The van der Waals surface area contributed by atoms with Crippen LogP contribution in [0.3, 0.4) is 0 Å². The summed E-state index contributed by atoms with van der Waals surface area (Å²) in [6.07, 6.45) is 0.629. The van der Waals surface area contributed by atoms with Gasteiger partial charge in [0.05, 0.1) is 23.5 Å². The Morgan fingerprint density at radius 3 is 2.59 bits per heavy atom. The molecule has 2 bridgehead atoms. The highest BCUT2D eigenvalue weighted by atomic mass is 16.3. The Labute approximate surface area is 196 Å². The second kappa shape index (κ2) is 6.85. The quantitative estimate of drug-likeness (QED) is 0.498. The largest absolute Gasteiger partial charge is 0.493 e. The van der Waals surface area contributed by atoms with Crippen molar-refractivity contribution in [2.75, 3.05) is 6.54 Å². The second-order valence-corrected chi connectivity index (χ2v) is 10.3. The van der Waals surface area contributed by atoms with E-state index in [0.29, 0.717) is 30.0 Å². The van der Waals surface area contributed by atoms with Gasteiger partial charge >= 0.3 is 5.69 Å². The summed E-state index contributed by atoms with van der Waals surface area (Å²) in [5.41, 5.74) is 2.08. The van der Waals surface area contributed by atoms with Crippen LogP contribution in [0.4, 0.5) is 0 Å². The number of benzene rings is 2. The smallest absolute Gasteiger partial charge is 0.336 e. The Hall–Kier alpha value is -3.81. The van der Waals surface area contributed by atoms with E-state index in [4.69, 9.17) is 0 Å². The number of likely N-dealkylation sites (tertiary alicyclic amines) is 1. The van der Waals surface area contributed by atoms with E-state index in [1.807, 2.05) is 48.5 Å². The van der Waals surface area contributed by atoms with Gasteiger partial charge in [-0.2, -0.15) is 5.10 Å². The third-order valence-corrected chi connectivity index (χ3v) is 7.19. The van der Waals surface area contributed by atoms with E-state index in [0.717, 1.165) is 16.5 Å². The third kappa shape index (κ3) is 2.74. The Kier molecular flexibility index (Phi) is 4.19. The van der Waals surface area contributed by atoms with Crippen LogP contribution in [-0.4, -0.2) is 41.4 Å². The number of hydrogen-bond donors (Lipinski definition) is 1. The minimum atomic E-state index is -0.352. The van der Waals surface area contributed by atoms with Gasteiger partial charge in [0, 0.05) is 24.4 Å². The molecule has 0 aliphatic carbocycles. The SMILES string of the molecule is Cn1nc(C(C)(C)C)cc1C(=O)N1C[C@H]2CC1c1c(O)n(-c3cccc4ccccc34)c(=O)n12. The molecule has 2 aromatic heterocycles. The molecule has 8 heteroatoms. The average Bonchev–Trinajstić information content (AvgIpc) is 3.55. The number of carbonyl (C=O) groups excluding carboxylic acids is 1. The van der Waals surface area contributed by atoms with Crippen LogP contribution in [0.5, 0.6) is 5.88 Å². The molecule has 4 heterocycles. The third-order valence-electron chi connectivity index (χ3n) is 7.19. The van der Waals surface area contributed by atoms with Crippen LogP contribution < -0.4 is 5.69 Å². The fourth-order valence-corrected chi connectivity index (χ4v) is 5.47. The molecule has 1 amide bonds. The summed E-state index contributed by atoms with van der Waals surface area (Å²) in [6.45, 7) is 6.63. The highest BCUT2D eigenvalue weighted by Crippen LogP contribution is 2.49. The molecule has 1 fully saturated rings. The molecular formula is C26H27N5O3. The van der Waals surface area contributed by atoms with Gasteiger partial charge in [-0.1, -0.05) is 57.2 Å². The van der Waals surface area contributed by atoms with Crippen LogP contribution in [0.25, 0.3) is 16.5 Å². The molecule has 0 saturated carbocycles. The van der Waals surface area contributed by atoms with Gasteiger partial charge in [0.25, 0.3) is 5.91 Å². The first kappa shape index (κ1) is 20.8. The van der Waals surface area contributed by atoms with Crippen LogP contribution in [-0.2, 0) is 12.5 Å². The molecular weight excluding hydrogens is 430 g/mol. The number of hydrogen-bond acceptors (Lipinski definition) is 4. The molecule has 6 rings (SSSR count). The lowest BCUT2D eigenvalue weighted by Gasteiger charge is -2.27. The van der Waals surface area contributed by atoms with Crippen molar-refractivity contribution in [1.29, 1.82) is 0 Å². The Morgan fingerprint density at radius 2 is 1.85 bits per heavy atom. The normalized spacial score (nSPS) is 19.2. The number of aryl methyl sites for hydroxylation is 1. The van der Waals surface area contributed by atoms with E-state index in [1.165, 1.54) is 4.57 Å². The number of carbonyl (C=O) groups is 1. The van der Waals surface area contributed by atoms with Gasteiger partial charge in [-0.3, -0.25) is 14.0 Å². The van der Waals surface area contributed by atoms with Crippen molar-refractivity contribution in [3.8, 4) is 11.6 Å². The highest BCUT2D eigenvalue weighted by Gasteiger charge is 2.49. The van der Waals surface area contributed by atoms with Crippen molar-refractivity contribution < 1.29 is 9.90 Å². The summed E-state index contributed by atoms with van der Waals surface area (Å²) >= 11 is 0. The minimum Gasteiger partial charge on any atom is -0.493 e. The van der Waals surface area contributed by atoms with E-state index < -0.39 is 0 Å². The second-order valence-electron chi connectivity index (χ2n) is 10.3. The number of rotatable bonds is 2. The number of aromatic nitrogens is 4. The van der Waals surface area contributed by atoms with Crippen LogP contribution in [0.2, 0.25) is 0 Å². The first-order valence-electron chi connectivity index (χ1n) is 11.6. The molecule has 1 N–H and O–H groups in total. The maximum Gasteiger partial charge on any atom is 0.336 e. The Bertz CT molecular complexity index is 1530. The average molecular weight is 458 g/mol. The predicted octanol–water partition coefficient (Wildman–Crippen LogP) is 3.67. The predicted molar refractivity (Wildman–Crippen MR) is 129 cm³/mol. The lowest BCUT2D eigenvalue weighted by atomic mass is 9.92. The first-order valence-corrected chi connectivity index (χ1v) is 11.6. The highest BCUT2D eigenvalue weighted by molar-refractivity contribution is 5.93. The van der Waals surface area contributed by atoms with Crippen molar-refractivity contribution >= 4 is 16.7 Å². The molecule has 2 atom stereocenters. The van der Waals surface area contributed by atoms with Gasteiger partial charge < -0.3 is 10.0 Å². The van der Waals surface area contributed by atoms with Crippen LogP contribution >= 0.6 is 0 Å². The molecule has 1 saturated heterocycles. The van der Waals surface area contributed by atoms with Gasteiger partial charge in [-0.05, 0) is 23.9 Å². The molecule has 1 unspecified atom stereocenters. The number of fused-ring (bicyclic) bond motifs is 6. The van der Waals surface area contributed by atoms with Gasteiger partial charge in [-0.15, -0.1) is 0 Å². The van der Waals surface area contributed by atoms with Gasteiger partial charge in [-0.25, -0.2) is 9.36 Å². The molecule has 174 valence electrons. The summed E-state index contributed by atoms with van der Waals surface area (Å²) in [7, 11) is 1.78. The molecule has 34 heavy (non-hydrogen) atoms. The molecule has 0 spiro atoms. The van der Waals surface area contributed by atoms with Crippen LogP contribution in [0.15, 0.2) is 53.3 Å². The molecule has 2 aliphatic heterocycles. The van der Waals surface area contributed by atoms with Crippen molar-refractivity contribution in [3.63, 3.8) is 0 Å². The zero-order chi connectivity index (χ0) is 23.9. The van der Waals surface area contributed by atoms with Crippen molar-refractivity contribution in [1.82, 2.24) is 23.8 Å². The zero-order valence-corrected chi connectivity index (χ0v) is 19.7. The van der Waals surface area contributed by atoms with E-state index in [1.54, 1.807) is 21.2 Å². The van der Waals surface area contributed by atoms with Crippen LogP contribution in [0.1, 0.15) is 61.2 Å².